The Labute approximate surface area is 113 Å². The summed E-state index contributed by atoms with van der Waals surface area (Å²) in [6.45, 7) is 0. The van der Waals surface area contributed by atoms with E-state index in [1.54, 1.807) is 6.07 Å². The highest BCUT2D eigenvalue weighted by Gasteiger charge is 2.15. The predicted octanol–water partition coefficient (Wildman–Crippen LogP) is 4.03. The molecule has 0 amide bonds. The highest BCUT2D eigenvalue weighted by molar-refractivity contribution is 14.1. The van der Waals surface area contributed by atoms with Crippen LogP contribution in [0.3, 0.4) is 0 Å². The van der Waals surface area contributed by atoms with Crippen LogP contribution in [0.2, 0.25) is 5.02 Å². The summed E-state index contributed by atoms with van der Waals surface area (Å²) in [5, 5.41) is 10.9. The van der Waals surface area contributed by atoms with Gasteiger partial charge in [-0.05, 0) is 40.3 Å². The number of rotatable bonds is 2. The number of halogens is 2. The molecular formula is C13H10ClIO. The van der Waals surface area contributed by atoms with Crippen LogP contribution < -0.4 is 0 Å². The molecule has 1 atom stereocenters. The third kappa shape index (κ3) is 2.39. The molecule has 0 aliphatic rings. The van der Waals surface area contributed by atoms with Gasteiger partial charge in [-0.1, -0.05) is 48.0 Å². The van der Waals surface area contributed by atoms with Crippen molar-refractivity contribution in [1.82, 2.24) is 0 Å². The molecular weight excluding hydrogens is 334 g/mol. The van der Waals surface area contributed by atoms with Crippen molar-refractivity contribution in [3.8, 4) is 0 Å². The van der Waals surface area contributed by atoms with Crippen molar-refractivity contribution in [3.63, 3.8) is 0 Å². The Hall–Kier alpha value is -0.580. The van der Waals surface area contributed by atoms with Crippen molar-refractivity contribution in [2.45, 2.75) is 6.10 Å². The molecule has 1 unspecified atom stereocenters. The van der Waals surface area contributed by atoms with Gasteiger partial charge in [0.1, 0.15) is 6.10 Å². The van der Waals surface area contributed by atoms with Crippen LogP contribution in [-0.2, 0) is 0 Å². The van der Waals surface area contributed by atoms with Crippen molar-refractivity contribution < 1.29 is 5.11 Å². The van der Waals surface area contributed by atoms with Crippen molar-refractivity contribution >= 4 is 34.2 Å². The molecule has 3 heteroatoms. The van der Waals surface area contributed by atoms with Crippen molar-refractivity contribution in [1.29, 1.82) is 0 Å². The summed E-state index contributed by atoms with van der Waals surface area (Å²) in [6, 6.07) is 15.1. The average molecular weight is 345 g/mol. The van der Waals surface area contributed by atoms with E-state index >= 15 is 0 Å². The van der Waals surface area contributed by atoms with E-state index in [1.165, 1.54) is 0 Å². The van der Waals surface area contributed by atoms with Crippen molar-refractivity contribution in [2.75, 3.05) is 0 Å². The molecule has 0 aromatic heterocycles. The standard InChI is InChI=1S/C13H10ClIO/c14-11-7-3-1-5-9(11)13(16)10-6-2-4-8-12(10)15/h1-8,13,16H. The molecule has 0 spiro atoms. The van der Waals surface area contributed by atoms with E-state index in [0.717, 1.165) is 14.7 Å². The van der Waals surface area contributed by atoms with Gasteiger partial charge in [0.2, 0.25) is 0 Å². The van der Waals surface area contributed by atoms with Crippen molar-refractivity contribution in [3.05, 3.63) is 68.3 Å². The van der Waals surface area contributed by atoms with Crippen LogP contribution in [0.15, 0.2) is 48.5 Å². The zero-order chi connectivity index (χ0) is 11.5. The largest absolute Gasteiger partial charge is 0.384 e. The minimum Gasteiger partial charge on any atom is -0.384 e. The Balaban J connectivity index is 2.44. The topological polar surface area (TPSA) is 20.2 Å². The van der Waals surface area contributed by atoms with Gasteiger partial charge in [-0.2, -0.15) is 0 Å². The van der Waals surface area contributed by atoms with E-state index < -0.39 is 6.10 Å². The van der Waals surface area contributed by atoms with Gasteiger partial charge in [0.15, 0.2) is 0 Å². The van der Waals surface area contributed by atoms with Crippen LogP contribution in [-0.4, -0.2) is 5.11 Å². The quantitative estimate of drug-likeness (QED) is 0.816. The second kappa shape index (κ2) is 5.17. The summed E-state index contributed by atoms with van der Waals surface area (Å²) >= 11 is 8.27. The van der Waals surface area contributed by atoms with Gasteiger partial charge in [0, 0.05) is 14.2 Å². The van der Waals surface area contributed by atoms with Crippen LogP contribution in [0.1, 0.15) is 17.2 Å². The van der Waals surface area contributed by atoms with Gasteiger partial charge in [0.25, 0.3) is 0 Å². The fourth-order valence-electron chi connectivity index (χ4n) is 1.56. The fourth-order valence-corrected chi connectivity index (χ4v) is 2.48. The summed E-state index contributed by atoms with van der Waals surface area (Å²) in [6.07, 6.45) is -0.665. The molecule has 82 valence electrons. The molecule has 0 fully saturated rings. The Morgan fingerprint density at radius 3 is 2.12 bits per heavy atom. The minimum atomic E-state index is -0.665. The molecule has 2 rings (SSSR count). The van der Waals surface area contributed by atoms with Gasteiger partial charge < -0.3 is 5.11 Å². The Kier molecular flexibility index (Phi) is 3.84. The number of aliphatic hydroxyl groups excluding tert-OH is 1. The summed E-state index contributed by atoms with van der Waals surface area (Å²) in [4.78, 5) is 0. The summed E-state index contributed by atoms with van der Waals surface area (Å²) in [5.74, 6) is 0. The third-order valence-corrected chi connectivity index (χ3v) is 3.73. The first kappa shape index (κ1) is 11.9. The van der Waals surface area contributed by atoms with E-state index in [9.17, 15) is 5.11 Å². The summed E-state index contributed by atoms with van der Waals surface area (Å²) in [7, 11) is 0. The maximum atomic E-state index is 10.3. The van der Waals surface area contributed by atoms with Crippen LogP contribution in [0.5, 0.6) is 0 Å². The van der Waals surface area contributed by atoms with Crippen LogP contribution in [0.4, 0.5) is 0 Å². The van der Waals surface area contributed by atoms with Gasteiger partial charge in [0.05, 0.1) is 0 Å². The van der Waals surface area contributed by atoms with Gasteiger partial charge in [-0.3, -0.25) is 0 Å². The van der Waals surface area contributed by atoms with Crippen LogP contribution in [0, 0.1) is 3.57 Å². The maximum Gasteiger partial charge on any atom is 0.107 e. The molecule has 1 nitrogen and oxygen atoms in total. The summed E-state index contributed by atoms with van der Waals surface area (Å²) in [5.41, 5.74) is 1.63. The van der Waals surface area contributed by atoms with E-state index in [0.29, 0.717) is 5.02 Å². The normalized spacial score (nSPS) is 12.4. The monoisotopic (exact) mass is 344 g/mol. The summed E-state index contributed by atoms with van der Waals surface area (Å²) < 4.78 is 1.03. The zero-order valence-corrected chi connectivity index (χ0v) is 11.3. The van der Waals surface area contributed by atoms with E-state index in [4.69, 9.17) is 11.6 Å². The fraction of sp³-hybridized carbons (Fsp3) is 0.0769. The molecule has 0 aliphatic heterocycles. The van der Waals surface area contributed by atoms with E-state index in [2.05, 4.69) is 22.6 Å². The number of aliphatic hydroxyl groups is 1. The molecule has 0 saturated heterocycles. The highest BCUT2D eigenvalue weighted by Crippen LogP contribution is 2.30. The second-order valence-corrected chi connectivity index (χ2v) is 5.01. The lowest BCUT2D eigenvalue weighted by molar-refractivity contribution is 0.219. The minimum absolute atomic E-state index is 0.592. The highest BCUT2D eigenvalue weighted by atomic mass is 127. The molecule has 2 aromatic rings. The smallest absolute Gasteiger partial charge is 0.107 e. The molecule has 0 saturated carbocycles. The van der Waals surface area contributed by atoms with Crippen molar-refractivity contribution in [2.24, 2.45) is 0 Å². The molecule has 0 bridgehead atoms. The Morgan fingerprint density at radius 2 is 1.50 bits per heavy atom. The predicted molar refractivity (Wildman–Crippen MR) is 74.7 cm³/mol. The zero-order valence-electron chi connectivity index (χ0n) is 8.40. The molecule has 1 N–H and O–H groups in total. The van der Waals surface area contributed by atoms with Gasteiger partial charge >= 0.3 is 0 Å². The Bertz CT molecular complexity index is 453. The lowest BCUT2D eigenvalue weighted by atomic mass is 10.0. The lowest BCUT2D eigenvalue weighted by Crippen LogP contribution is -2.02. The van der Waals surface area contributed by atoms with Crippen LogP contribution >= 0.6 is 34.2 Å². The number of benzene rings is 2. The molecule has 16 heavy (non-hydrogen) atoms. The van der Waals surface area contributed by atoms with Crippen LogP contribution in [0.25, 0.3) is 0 Å². The van der Waals surface area contributed by atoms with Gasteiger partial charge in [-0.15, -0.1) is 0 Å². The first-order valence-corrected chi connectivity index (χ1v) is 6.32. The Morgan fingerprint density at radius 1 is 0.938 bits per heavy atom. The van der Waals surface area contributed by atoms with E-state index in [1.807, 2.05) is 42.5 Å². The number of hydrogen-bond acceptors (Lipinski definition) is 1. The molecule has 0 heterocycles. The first-order valence-electron chi connectivity index (χ1n) is 4.87. The molecule has 0 aliphatic carbocycles. The number of hydrogen-bond donors (Lipinski definition) is 1. The van der Waals surface area contributed by atoms with Gasteiger partial charge in [-0.25, -0.2) is 0 Å². The first-order chi connectivity index (χ1) is 7.70. The molecule has 2 aromatic carbocycles. The second-order valence-electron chi connectivity index (χ2n) is 3.45. The average Bonchev–Trinajstić information content (AvgIpc) is 2.29. The van der Waals surface area contributed by atoms with E-state index in [-0.39, 0.29) is 0 Å². The SMILES string of the molecule is OC(c1ccccc1Cl)c1ccccc1I. The maximum absolute atomic E-state index is 10.3. The third-order valence-electron chi connectivity index (χ3n) is 2.40. The molecule has 0 radical (unpaired) electrons. The lowest BCUT2D eigenvalue weighted by Gasteiger charge is -2.14.